The molecule has 7 nitrogen and oxygen atoms in total. The van der Waals surface area contributed by atoms with Crippen LogP contribution in [-0.4, -0.2) is 20.6 Å². The number of nitro benzene ring substituents is 1. The molecule has 4 rings (SSSR count). The molecule has 1 saturated carbocycles. The minimum absolute atomic E-state index is 0.0113. The monoisotopic (exact) mass is 430 g/mol. The van der Waals surface area contributed by atoms with E-state index in [0.29, 0.717) is 21.3 Å². The summed E-state index contributed by atoms with van der Waals surface area (Å²) >= 11 is 12.3. The molecule has 1 aliphatic carbocycles. The topological polar surface area (TPSA) is 90.1 Å². The molecule has 1 amide bonds. The van der Waals surface area contributed by atoms with Crippen LogP contribution in [0.15, 0.2) is 48.7 Å². The van der Waals surface area contributed by atoms with Crippen molar-refractivity contribution in [1.82, 2.24) is 15.1 Å². The smallest absolute Gasteiger partial charge is 0.269 e. The van der Waals surface area contributed by atoms with E-state index in [-0.39, 0.29) is 24.1 Å². The van der Waals surface area contributed by atoms with Crippen LogP contribution in [0.25, 0.3) is 5.69 Å². The molecule has 1 heterocycles. The van der Waals surface area contributed by atoms with Crippen LogP contribution in [0.2, 0.25) is 10.0 Å². The third kappa shape index (κ3) is 4.11. The van der Waals surface area contributed by atoms with Gasteiger partial charge in [0.1, 0.15) is 0 Å². The zero-order valence-corrected chi connectivity index (χ0v) is 16.7. The molecule has 29 heavy (non-hydrogen) atoms. The Morgan fingerprint density at radius 1 is 1.21 bits per heavy atom. The first-order valence-electron chi connectivity index (χ1n) is 8.99. The molecule has 0 unspecified atom stereocenters. The number of non-ortho nitro benzene ring substituents is 1. The van der Waals surface area contributed by atoms with Crippen molar-refractivity contribution in [1.29, 1.82) is 0 Å². The second kappa shape index (κ2) is 7.85. The summed E-state index contributed by atoms with van der Waals surface area (Å²) in [6, 6.07) is 11.2. The first-order chi connectivity index (χ1) is 13.9. The summed E-state index contributed by atoms with van der Waals surface area (Å²) in [6.45, 7) is 0.258. The molecule has 148 valence electrons. The Morgan fingerprint density at radius 2 is 1.93 bits per heavy atom. The van der Waals surface area contributed by atoms with Gasteiger partial charge in [0.05, 0.1) is 33.1 Å². The molecule has 3 aromatic rings. The Labute approximate surface area is 176 Å². The van der Waals surface area contributed by atoms with Gasteiger partial charge in [0.15, 0.2) is 0 Å². The van der Waals surface area contributed by atoms with Crippen LogP contribution in [0, 0.1) is 10.1 Å². The van der Waals surface area contributed by atoms with Gasteiger partial charge in [-0.15, -0.1) is 0 Å². The summed E-state index contributed by atoms with van der Waals surface area (Å²) in [6.07, 6.45) is 3.52. The fraction of sp³-hybridized carbons (Fsp3) is 0.200. The Kier molecular flexibility index (Phi) is 5.25. The number of hydrogen-bond acceptors (Lipinski definition) is 4. The lowest BCUT2D eigenvalue weighted by molar-refractivity contribution is -0.384. The third-order valence-corrected chi connectivity index (χ3v) is 5.29. The molecular formula is C20H16Cl2N4O3. The highest BCUT2D eigenvalue weighted by Crippen LogP contribution is 2.43. The van der Waals surface area contributed by atoms with E-state index >= 15 is 0 Å². The molecule has 0 bridgehead atoms. The molecule has 1 aliphatic rings. The molecular weight excluding hydrogens is 415 g/mol. The first-order valence-corrected chi connectivity index (χ1v) is 9.74. The van der Waals surface area contributed by atoms with Crippen molar-refractivity contribution in [3.63, 3.8) is 0 Å². The highest BCUT2D eigenvalue weighted by Gasteiger charge is 2.33. The predicted octanol–water partition coefficient (Wildman–Crippen LogP) is 4.89. The first kappa shape index (κ1) is 19.4. The van der Waals surface area contributed by atoms with Crippen molar-refractivity contribution in [3.05, 3.63) is 85.6 Å². The number of hydrogen-bond donors (Lipinski definition) is 1. The lowest BCUT2D eigenvalue weighted by Crippen LogP contribution is -2.23. The van der Waals surface area contributed by atoms with Gasteiger partial charge >= 0.3 is 0 Å². The van der Waals surface area contributed by atoms with Gasteiger partial charge in [-0.25, -0.2) is 4.68 Å². The van der Waals surface area contributed by atoms with E-state index < -0.39 is 4.92 Å². The highest BCUT2D eigenvalue weighted by molar-refractivity contribution is 6.35. The highest BCUT2D eigenvalue weighted by atomic mass is 35.5. The number of benzene rings is 2. The zero-order chi connectivity index (χ0) is 20.5. The lowest BCUT2D eigenvalue weighted by atomic mass is 10.1. The number of nitro groups is 1. The Bertz CT molecular complexity index is 1090. The standard InChI is InChI=1S/C20H16Cl2N4O3/c21-14-5-8-18(17(22)9-14)25-19(13-3-4-13)16(11-24-25)20(27)23-10-12-1-6-15(7-2-12)26(28)29/h1-2,5-9,11,13H,3-4,10H2,(H,23,27). The predicted molar refractivity (Wildman–Crippen MR) is 110 cm³/mol. The molecule has 0 spiro atoms. The average Bonchev–Trinajstić information content (AvgIpc) is 3.45. The summed E-state index contributed by atoms with van der Waals surface area (Å²) < 4.78 is 1.71. The Balaban J connectivity index is 1.56. The summed E-state index contributed by atoms with van der Waals surface area (Å²) in [5, 5.41) is 19.0. The fourth-order valence-corrected chi connectivity index (χ4v) is 3.63. The van der Waals surface area contributed by atoms with Gasteiger partial charge in [-0.05, 0) is 36.6 Å². The maximum absolute atomic E-state index is 12.8. The van der Waals surface area contributed by atoms with Gasteiger partial charge in [-0.1, -0.05) is 35.3 Å². The van der Waals surface area contributed by atoms with Crippen LogP contribution < -0.4 is 5.32 Å². The zero-order valence-electron chi connectivity index (χ0n) is 15.1. The molecule has 9 heteroatoms. The normalized spacial score (nSPS) is 13.3. The van der Waals surface area contributed by atoms with Gasteiger partial charge in [0.25, 0.3) is 11.6 Å². The van der Waals surface area contributed by atoms with E-state index in [9.17, 15) is 14.9 Å². The van der Waals surface area contributed by atoms with Crippen molar-refractivity contribution >= 4 is 34.8 Å². The van der Waals surface area contributed by atoms with Crippen LogP contribution in [0.3, 0.4) is 0 Å². The molecule has 1 aromatic heterocycles. The van der Waals surface area contributed by atoms with Gasteiger partial charge in [0.2, 0.25) is 0 Å². The van der Waals surface area contributed by atoms with Gasteiger partial charge in [-0.3, -0.25) is 14.9 Å². The van der Waals surface area contributed by atoms with Crippen molar-refractivity contribution in [2.24, 2.45) is 0 Å². The largest absolute Gasteiger partial charge is 0.348 e. The van der Waals surface area contributed by atoms with Crippen LogP contribution in [0.1, 0.15) is 40.4 Å². The molecule has 0 radical (unpaired) electrons. The van der Waals surface area contributed by atoms with Crippen molar-refractivity contribution < 1.29 is 9.72 Å². The third-order valence-electron chi connectivity index (χ3n) is 4.75. The van der Waals surface area contributed by atoms with E-state index in [2.05, 4.69) is 10.4 Å². The number of carbonyl (C=O) groups excluding carboxylic acids is 1. The number of carbonyl (C=O) groups is 1. The molecule has 0 atom stereocenters. The average molecular weight is 431 g/mol. The van der Waals surface area contributed by atoms with Crippen LogP contribution in [0.4, 0.5) is 5.69 Å². The molecule has 1 fully saturated rings. The summed E-state index contributed by atoms with van der Waals surface area (Å²) in [5.74, 6) is 0.00552. The van der Waals surface area contributed by atoms with Crippen molar-refractivity contribution in [3.8, 4) is 5.69 Å². The van der Waals surface area contributed by atoms with Crippen molar-refractivity contribution in [2.75, 3.05) is 0 Å². The van der Waals surface area contributed by atoms with E-state index in [1.165, 1.54) is 12.1 Å². The fourth-order valence-electron chi connectivity index (χ4n) is 3.14. The minimum atomic E-state index is -0.458. The number of aromatic nitrogens is 2. The molecule has 0 saturated heterocycles. The minimum Gasteiger partial charge on any atom is -0.348 e. The summed E-state index contributed by atoms with van der Waals surface area (Å²) in [7, 11) is 0. The molecule has 1 N–H and O–H groups in total. The number of nitrogens with one attached hydrogen (secondary N) is 1. The molecule has 2 aromatic carbocycles. The summed E-state index contributed by atoms with van der Waals surface area (Å²) in [5.41, 5.74) is 2.78. The molecule has 0 aliphatic heterocycles. The number of halogens is 2. The van der Waals surface area contributed by atoms with Gasteiger partial charge in [-0.2, -0.15) is 5.10 Å². The van der Waals surface area contributed by atoms with Gasteiger partial charge < -0.3 is 5.32 Å². The van der Waals surface area contributed by atoms with Crippen LogP contribution in [0.5, 0.6) is 0 Å². The number of rotatable bonds is 6. The van der Waals surface area contributed by atoms with E-state index in [4.69, 9.17) is 23.2 Å². The van der Waals surface area contributed by atoms with Crippen LogP contribution in [-0.2, 0) is 6.54 Å². The summed E-state index contributed by atoms with van der Waals surface area (Å²) in [4.78, 5) is 23.1. The SMILES string of the molecule is O=C(NCc1ccc([N+](=O)[O-])cc1)c1cnn(-c2ccc(Cl)cc2Cl)c1C1CC1. The van der Waals surface area contributed by atoms with Crippen LogP contribution >= 0.6 is 23.2 Å². The van der Waals surface area contributed by atoms with Crippen molar-refractivity contribution in [2.45, 2.75) is 25.3 Å². The second-order valence-corrected chi connectivity index (χ2v) is 7.68. The van der Waals surface area contributed by atoms with E-state index in [1.54, 1.807) is 41.2 Å². The lowest BCUT2D eigenvalue weighted by Gasteiger charge is -2.11. The maximum atomic E-state index is 12.8. The van der Waals surface area contributed by atoms with E-state index in [0.717, 1.165) is 24.1 Å². The quantitative estimate of drug-likeness (QED) is 0.444. The Morgan fingerprint density at radius 3 is 2.55 bits per heavy atom. The maximum Gasteiger partial charge on any atom is 0.269 e. The second-order valence-electron chi connectivity index (χ2n) is 6.83. The van der Waals surface area contributed by atoms with E-state index in [1.807, 2.05) is 0 Å². The van der Waals surface area contributed by atoms with Gasteiger partial charge in [0, 0.05) is 29.6 Å². The Hall–Kier alpha value is -2.90. The number of amides is 1. The number of nitrogens with zero attached hydrogens (tertiary/aromatic N) is 3.